The van der Waals surface area contributed by atoms with E-state index in [1.54, 1.807) is 12.1 Å². The van der Waals surface area contributed by atoms with Gasteiger partial charge in [-0.15, -0.1) is 0 Å². The zero-order chi connectivity index (χ0) is 14.4. The van der Waals surface area contributed by atoms with Crippen molar-refractivity contribution in [1.29, 1.82) is 0 Å². The van der Waals surface area contributed by atoms with Crippen LogP contribution in [0.4, 0.5) is 4.39 Å². The molecule has 1 aromatic carbocycles. The van der Waals surface area contributed by atoms with Gasteiger partial charge in [0.25, 0.3) is 0 Å². The molecular weight excluding hydrogens is 253 g/mol. The maximum atomic E-state index is 12.8. The number of rotatable bonds is 5. The summed E-state index contributed by atoms with van der Waals surface area (Å²) in [6, 6.07) is 6.23. The first kappa shape index (κ1) is 15.2. The second-order valence-electron chi connectivity index (χ2n) is 5.82. The Morgan fingerprint density at radius 2 is 2.00 bits per heavy atom. The molecule has 3 heteroatoms. The van der Waals surface area contributed by atoms with Crippen LogP contribution in [0.3, 0.4) is 0 Å². The van der Waals surface area contributed by atoms with E-state index in [1.807, 2.05) is 0 Å². The number of hydrogen-bond donors (Lipinski definition) is 0. The molecule has 1 aliphatic heterocycles. The predicted octanol–water partition coefficient (Wildman–Crippen LogP) is 3.45. The fourth-order valence-corrected chi connectivity index (χ4v) is 2.93. The lowest BCUT2D eigenvalue weighted by atomic mass is 9.98. The molecule has 0 amide bonds. The third kappa shape index (κ3) is 4.71. The van der Waals surface area contributed by atoms with Crippen LogP contribution in [0.2, 0.25) is 0 Å². The van der Waals surface area contributed by atoms with Gasteiger partial charge in [-0.1, -0.05) is 25.5 Å². The number of carbonyl (C=O) groups excluding carboxylic acids is 1. The summed E-state index contributed by atoms with van der Waals surface area (Å²) in [6.07, 6.45) is 5.35. The summed E-state index contributed by atoms with van der Waals surface area (Å²) in [6.45, 7) is 4.85. The summed E-state index contributed by atoms with van der Waals surface area (Å²) in [5, 5.41) is 0. The standard InChI is InChI=1S/C17H24FNO/c1-2-14-4-3-10-19(11-9-14)13-17(20)12-15-5-7-16(18)8-6-15/h5-8,14H,2-4,9-13H2,1H3. The molecule has 0 saturated carbocycles. The Morgan fingerprint density at radius 1 is 1.25 bits per heavy atom. The van der Waals surface area contributed by atoms with Crippen molar-refractivity contribution in [3.63, 3.8) is 0 Å². The van der Waals surface area contributed by atoms with Crippen molar-refractivity contribution in [3.05, 3.63) is 35.6 Å². The van der Waals surface area contributed by atoms with E-state index < -0.39 is 0 Å². The first-order valence-electron chi connectivity index (χ1n) is 7.66. The number of halogens is 1. The summed E-state index contributed by atoms with van der Waals surface area (Å²) in [7, 11) is 0. The molecule has 1 heterocycles. The van der Waals surface area contributed by atoms with Gasteiger partial charge in [-0.2, -0.15) is 0 Å². The maximum Gasteiger partial charge on any atom is 0.151 e. The molecule has 2 nitrogen and oxygen atoms in total. The van der Waals surface area contributed by atoms with Crippen molar-refractivity contribution < 1.29 is 9.18 Å². The fourth-order valence-electron chi connectivity index (χ4n) is 2.93. The van der Waals surface area contributed by atoms with Crippen LogP contribution >= 0.6 is 0 Å². The van der Waals surface area contributed by atoms with E-state index >= 15 is 0 Å². The number of nitrogens with zero attached hydrogens (tertiary/aromatic N) is 1. The third-order valence-corrected chi connectivity index (χ3v) is 4.23. The van der Waals surface area contributed by atoms with E-state index in [0.717, 1.165) is 24.6 Å². The van der Waals surface area contributed by atoms with Crippen molar-refractivity contribution >= 4 is 5.78 Å². The van der Waals surface area contributed by atoms with Crippen LogP contribution in [0.15, 0.2) is 24.3 Å². The highest BCUT2D eigenvalue weighted by atomic mass is 19.1. The summed E-state index contributed by atoms with van der Waals surface area (Å²) < 4.78 is 12.8. The molecule has 0 bridgehead atoms. The number of Topliss-reactive ketones (excluding diaryl/α,β-unsaturated/α-hetero) is 1. The summed E-state index contributed by atoms with van der Waals surface area (Å²) in [5.41, 5.74) is 0.901. The molecule has 1 aromatic rings. The van der Waals surface area contributed by atoms with E-state index in [9.17, 15) is 9.18 Å². The molecule has 0 spiro atoms. The van der Waals surface area contributed by atoms with E-state index in [0.29, 0.717) is 13.0 Å². The quantitative estimate of drug-likeness (QED) is 0.821. The number of carbonyl (C=O) groups is 1. The average molecular weight is 277 g/mol. The van der Waals surface area contributed by atoms with E-state index in [-0.39, 0.29) is 11.6 Å². The molecule has 0 aromatic heterocycles. The van der Waals surface area contributed by atoms with E-state index in [4.69, 9.17) is 0 Å². The van der Waals surface area contributed by atoms with Crippen molar-refractivity contribution in [1.82, 2.24) is 4.90 Å². The highest BCUT2D eigenvalue weighted by Crippen LogP contribution is 2.20. The summed E-state index contributed by atoms with van der Waals surface area (Å²) >= 11 is 0. The van der Waals surface area contributed by atoms with Gasteiger partial charge in [0.1, 0.15) is 5.82 Å². The molecule has 1 atom stereocenters. The molecular formula is C17H24FNO. The van der Waals surface area contributed by atoms with Crippen LogP contribution in [-0.4, -0.2) is 30.3 Å². The van der Waals surface area contributed by atoms with Gasteiger partial charge in [-0.25, -0.2) is 4.39 Å². The van der Waals surface area contributed by atoms with Crippen LogP contribution in [0, 0.1) is 11.7 Å². The molecule has 1 fully saturated rings. The molecule has 2 rings (SSSR count). The Kier molecular flexibility index (Phi) is 5.72. The second-order valence-corrected chi connectivity index (χ2v) is 5.82. The minimum absolute atomic E-state index is 0.228. The molecule has 20 heavy (non-hydrogen) atoms. The molecule has 0 N–H and O–H groups in total. The third-order valence-electron chi connectivity index (χ3n) is 4.23. The number of likely N-dealkylation sites (tertiary alicyclic amines) is 1. The van der Waals surface area contributed by atoms with Crippen LogP contribution in [0.25, 0.3) is 0 Å². The van der Waals surface area contributed by atoms with Gasteiger partial charge < -0.3 is 0 Å². The van der Waals surface area contributed by atoms with Crippen molar-refractivity contribution in [2.45, 2.75) is 39.0 Å². The summed E-state index contributed by atoms with van der Waals surface area (Å²) in [5.74, 6) is 0.804. The number of ketones is 1. The summed E-state index contributed by atoms with van der Waals surface area (Å²) in [4.78, 5) is 14.4. The Morgan fingerprint density at radius 3 is 2.70 bits per heavy atom. The van der Waals surface area contributed by atoms with Gasteiger partial charge in [0.15, 0.2) is 5.78 Å². The minimum Gasteiger partial charge on any atom is -0.298 e. The fraction of sp³-hybridized carbons (Fsp3) is 0.588. The largest absolute Gasteiger partial charge is 0.298 e. The van der Waals surface area contributed by atoms with Crippen LogP contribution in [0.1, 0.15) is 38.2 Å². The SMILES string of the molecule is CCC1CCCN(CC(=O)Cc2ccc(F)cc2)CC1. The lowest BCUT2D eigenvalue weighted by molar-refractivity contribution is -0.119. The van der Waals surface area contributed by atoms with E-state index in [2.05, 4.69) is 11.8 Å². The first-order valence-corrected chi connectivity index (χ1v) is 7.66. The van der Waals surface area contributed by atoms with Crippen molar-refractivity contribution in [3.8, 4) is 0 Å². The van der Waals surface area contributed by atoms with Gasteiger partial charge in [0, 0.05) is 6.42 Å². The second kappa shape index (κ2) is 7.53. The Hall–Kier alpha value is -1.22. The lowest BCUT2D eigenvalue weighted by Crippen LogP contribution is -2.31. The highest BCUT2D eigenvalue weighted by Gasteiger charge is 2.17. The maximum absolute atomic E-state index is 12.8. The number of benzene rings is 1. The van der Waals surface area contributed by atoms with Gasteiger partial charge in [-0.05, 0) is 56.0 Å². The predicted molar refractivity (Wildman–Crippen MR) is 79.2 cm³/mol. The number of hydrogen-bond acceptors (Lipinski definition) is 2. The van der Waals surface area contributed by atoms with Crippen molar-refractivity contribution in [2.24, 2.45) is 5.92 Å². The van der Waals surface area contributed by atoms with Crippen LogP contribution in [0.5, 0.6) is 0 Å². The Labute approximate surface area is 121 Å². The topological polar surface area (TPSA) is 20.3 Å². The van der Waals surface area contributed by atoms with Gasteiger partial charge in [-0.3, -0.25) is 9.69 Å². The van der Waals surface area contributed by atoms with Gasteiger partial charge in [0.2, 0.25) is 0 Å². The molecule has 110 valence electrons. The van der Waals surface area contributed by atoms with E-state index in [1.165, 1.54) is 37.8 Å². The van der Waals surface area contributed by atoms with Gasteiger partial charge in [0.05, 0.1) is 6.54 Å². The monoisotopic (exact) mass is 277 g/mol. The Bertz CT molecular complexity index is 429. The molecule has 1 unspecified atom stereocenters. The first-order chi connectivity index (χ1) is 9.67. The minimum atomic E-state index is -0.251. The van der Waals surface area contributed by atoms with Crippen LogP contribution in [-0.2, 0) is 11.2 Å². The smallest absolute Gasteiger partial charge is 0.151 e. The molecule has 0 radical (unpaired) electrons. The lowest BCUT2D eigenvalue weighted by Gasteiger charge is -2.19. The van der Waals surface area contributed by atoms with Crippen molar-refractivity contribution in [2.75, 3.05) is 19.6 Å². The average Bonchev–Trinajstić information content (AvgIpc) is 2.66. The molecule has 1 saturated heterocycles. The molecule has 0 aliphatic carbocycles. The Balaban J connectivity index is 1.80. The zero-order valence-electron chi connectivity index (χ0n) is 12.3. The van der Waals surface area contributed by atoms with Gasteiger partial charge >= 0.3 is 0 Å². The normalized spacial score (nSPS) is 20.6. The zero-order valence-corrected chi connectivity index (χ0v) is 12.3. The molecule has 1 aliphatic rings. The van der Waals surface area contributed by atoms with Crippen LogP contribution < -0.4 is 0 Å². The highest BCUT2D eigenvalue weighted by molar-refractivity contribution is 5.82.